The quantitative estimate of drug-likeness (QED) is 0.922. The lowest BCUT2D eigenvalue weighted by molar-refractivity contribution is 0.0173. The van der Waals surface area contributed by atoms with E-state index < -0.39 is 0 Å². The average Bonchev–Trinajstić information content (AvgIpc) is 2.58. The van der Waals surface area contributed by atoms with Crippen molar-refractivity contribution in [3.63, 3.8) is 0 Å². The summed E-state index contributed by atoms with van der Waals surface area (Å²) in [6.45, 7) is 2.06. The first-order valence-corrected chi connectivity index (χ1v) is 8.19. The van der Waals surface area contributed by atoms with Crippen LogP contribution in [0, 0.1) is 6.92 Å². The van der Waals surface area contributed by atoms with Gasteiger partial charge in [-0.2, -0.15) is 10.2 Å². The van der Waals surface area contributed by atoms with Gasteiger partial charge in [-0.3, -0.25) is 0 Å². The highest BCUT2D eigenvalue weighted by atomic mass is 16.2. The van der Waals surface area contributed by atoms with Crippen LogP contribution in [-0.2, 0) is 0 Å². The molecule has 2 unspecified atom stereocenters. The molecule has 2 aliphatic heterocycles. The average molecular weight is 308 g/mol. The van der Waals surface area contributed by atoms with E-state index in [1.807, 2.05) is 29.2 Å². The van der Waals surface area contributed by atoms with E-state index in [1.165, 1.54) is 12.8 Å². The maximum absolute atomic E-state index is 12.5. The number of urea groups is 1. The molecule has 0 aliphatic carbocycles. The van der Waals surface area contributed by atoms with Crippen LogP contribution in [0.4, 0.5) is 10.5 Å². The first-order valence-electron chi connectivity index (χ1n) is 8.19. The molecule has 4 rings (SSSR count). The number of carbonyl (C=O) groups is 1. The number of hydrogen-bond acceptors (Lipinski definition) is 3. The minimum atomic E-state index is 0.0357. The summed E-state index contributed by atoms with van der Waals surface area (Å²) in [5.74, 6) is 0. The summed E-state index contributed by atoms with van der Waals surface area (Å²) in [6, 6.07) is 8.86. The first kappa shape index (κ1) is 14.2. The third kappa shape index (κ3) is 2.56. The van der Waals surface area contributed by atoms with Gasteiger partial charge < -0.3 is 10.2 Å². The number of aromatic nitrogens is 2. The van der Waals surface area contributed by atoms with Crippen molar-refractivity contribution in [2.24, 2.45) is 0 Å². The zero-order valence-electron chi connectivity index (χ0n) is 13.2. The van der Waals surface area contributed by atoms with Crippen molar-refractivity contribution in [1.82, 2.24) is 15.1 Å². The Balaban J connectivity index is 1.55. The molecule has 118 valence electrons. The van der Waals surface area contributed by atoms with Gasteiger partial charge in [0.25, 0.3) is 0 Å². The molecule has 5 heteroatoms. The van der Waals surface area contributed by atoms with Crippen LogP contribution in [0.15, 0.2) is 36.7 Å². The Hall–Kier alpha value is -2.43. The van der Waals surface area contributed by atoms with Crippen LogP contribution in [-0.4, -0.2) is 33.2 Å². The van der Waals surface area contributed by atoms with Crippen LogP contribution in [0.3, 0.4) is 0 Å². The number of aryl methyl sites for hydroxylation is 1. The predicted molar refractivity (Wildman–Crippen MR) is 89.1 cm³/mol. The van der Waals surface area contributed by atoms with E-state index >= 15 is 0 Å². The zero-order chi connectivity index (χ0) is 15.8. The molecule has 2 fully saturated rings. The van der Waals surface area contributed by atoms with Gasteiger partial charge in [0.2, 0.25) is 0 Å². The summed E-state index contributed by atoms with van der Waals surface area (Å²) < 4.78 is 0. The van der Waals surface area contributed by atoms with Crippen LogP contribution in [0.2, 0.25) is 0 Å². The molecule has 2 atom stereocenters. The molecule has 2 aliphatic rings. The predicted octanol–water partition coefficient (Wildman–Crippen LogP) is 3.61. The molecule has 1 N–H and O–H groups in total. The normalized spacial score (nSPS) is 22.4. The molecule has 0 radical (unpaired) electrons. The summed E-state index contributed by atoms with van der Waals surface area (Å²) in [5.41, 5.74) is 4.06. The number of piperidine rings is 1. The number of anilines is 1. The molecule has 2 saturated heterocycles. The molecule has 23 heavy (non-hydrogen) atoms. The molecular weight excluding hydrogens is 288 g/mol. The van der Waals surface area contributed by atoms with Gasteiger partial charge in [0.1, 0.15) is 0 Å². The molecule has 0 saturated carbocycles. The minimum absolute atomic E-state index is 0.0357. The summed E-state index contributed by atoms with van der Waals surface area (Å²) in [7, 11) is 0. The van der Waals surface area contributed by atoms with E-state index in [0.717, 1.165) is 35.2 Å². The Morgan fingerprint density at radius 1 is 1.22 bits per heavy atom. The molecule has 0 spiro atoms. The van der Waals surface area contributed by atoms with Gasteiger partial charge in [0.05, 0.1) is 12.4 Å². The Morgan fingerprint density at radius 3 is 2.74 bits per heavy atom. The number of fused-ring (bicyclic) bond motifs is 2. The highest BCUT2D eigenvalue weighted by Gasteiger charge is 2.44. The van der Waals surface area contributed by atoms with Gasteiger partial charge in [-0.1, -0.05) is 6.07 Å². The van der Waals surface area contributed by atoms with E-state index in [9.17, 15) is 4.79 Å². The fourth-order valence-electron chi connectivity index (χ4n) is 3.78. The number of nitrogens with one attached hydrogen (secondary N) is 1. The molecule has 3 heterocycles. The van der Waals surface area contributed by atoms with Gasteiger partial charge in [-0.25, -0.2) is 4.79 Å². The topological polar surface area (TPSA) is 58.1 Å². The van der Waals surface area contributed by atoms with Crippen molar-refractivity contribution in [2.75, 3.05) is 5.32 Å². The second kappa shape index (κ2) is 5.65. The lowest BCUT2D eigenvalue weighted by Crippen LogP contribution is -2.62. The van der Waals surface area contributed by atoms with E-state index in [4.69, 9.17) is 0 Å². The van der Waals surface area contributed by atoms with Crippen molar-refractivity contribution in [1.29, 1.82) is 0 Å². The summed E-state index contributed by atoms with van der Waals surface area (Å²) >= 11 is 0. The lowest BCUT2D eigenvalue weighted by atomic mass is 9.80. The number of nitrogens with zero attached hydrogens (tertiary/aromatic N) is 3. The van der Waals surface area contributed by atoms with E-state index in [1.54, 1.807) is 12.4 Å². The maximum atomic E-state index is 12.5. The minimum Gasteiger partial charge on any atom is -0.318 e. The first-order chi connectivity index (χ1) is 11.2. The summed E-state index contributed by atoms with van der Waals surface area (Å²) in [4.78, 5) is 14.6. The number of carbonyl (C=O) groups excluding carboxylic acids is 1. The number of amides is 2. The molecule has 2 aromatic rings. The SMILES string of the molecule is Cc1ccc(NC(=O)N2C3CCCC2C3)cc1-c1ccnnc1. The summed E-state index contributed by atoms with van der Waals surface area (Å²) in [5, 5.41) is 10.8. The van der Waals surface area contributed by atoms with E-state index in [0.29, 0.717) is 12.1 Å². The second-order valence-electron chi connectivity index (χ2n) is 6.47. The molecular formula is C18H20N4O. The van der Waals surface area contributed by atoms with Crippen molar-refractivity contribution in [3.05, 3.63) is 42.2 Å². The van der Waals surface area contributed by atoms with Gasteiger partial charge in [-0.15, -0.1) is 0 Å². The van der Waals surface area contributed by atoms with E-state index in [-0.39, 0.29) is 6.03 Å². The van der Waals surface area contributed by atoms with Crippen LogP contribution in [0.1, 0.15) is 31.2 Å². The Bertz CT molecular complexity index is 717. The molecule has 2 bridgehead atoms. The van der Waals surface area contributed by atoms with Crippen molar-refractivity contribution in [2.45, 2.75) is 44.7 Å². The third-order valence-electron chi connectivity index (χ3n) is 5.02. The van der Waals surface area contributed by atoms with Gasteiger partial charge in [-0.05, 0) is 61.9 Å². The Labute approximate surface area is 135 Å². The van der Waals surface area contributed by atoms with Crippen LogP contribution >= 0.6 is 0 Å². The number of hydrogen-bond donors (Lipinski definition) is 1. The van der Waals surface area contributed by atoms with Gasteiger partial charge in [0.15, 0.2) is 0 Å². The van der Waals surface area contributed by atoms with E-state index in [2.05, 4.69) is 22.4 Å². The fourth-order valence-corrected chi connectivity index (χ4v) is 3.78. The lowest BCUT2D eigenvalue weighted by Gasteiger charge is -2.52. The fraction of sp³-hybridized carbons (Fsp3) is 0.389. The van der Waals surface area contributed by atoms with Gasteiger partial charge >= 0.3 is 6.03 Å². The smallest absolute Gasteiger partial charge is 0.318 e. The van der Waals surface area contributed by atoms with Crippen molar-refractivity contribution < 1.29 is 4.79 Å². The van der Waals surface area contributed by atoms with Crippen molar-refractivity contribution in [3.8, 4) is 11.1 Å². The number of rotatable bonds is 2. The second-order valence-corrected chi connectivity index (χ2v) is 6.47. The molecule has 1 aromatic carbocycles. The highest BCUT2D eigenvalue weighted by molar-refractivity contribution is 5.91. The van der Waals surface area contributed by atoms with Crippen molar-refractivity contribution >= 4 is 11.7 Å². The van der Waals surface area contributed by atoms with Crippen LogP contribution in [0.5, 0.6) is 0 Å². The Morgan fingerprint density at radius 2 is 2.04 bits per heavy atom. The van der Waals surface area contributed by atoms with Gasteiger partial charge in [0, 0.05) is 23.3 Å². The highest BCUT2D eigenvalue weighted by Crippen LogP contribution is 2.38. The zero-order valence-corrected chi connectivity index (χ0v) is 13.2. The standard InChI is InChI=1S/C18H20N4O/c1-12-5-6-14(9-17(12)13-7-8-19-20-11-13)21-18(23)22-15-3-2-4-16(22)10-15/h5-9,11,15-16H,2-4,10H2,1H3,(H,21,23). The Kier molecular flexibility index (Phi) is 3.48. The maximum Gasteiger partial charge on any atom is 0.322 e. The molecule has 1 aromatic heterocycles. The van der Waals surface area contributed by atoms with Crippen LogP contribution < -0.4 is 5.32 Å². The number of benzene rings is 1. The third-order valence-corrected chi connectivity index (χ3v) is 5.02. The largest absolute Gasteiger partial charge is 0.322 e. The molecule has 5 nitrogen and oxygen atoms in total. The van der Waals surface area contributed by atoms with Crippen LogP contribution in [0.25, 0.3) is 11.1 Å². The summed E-state index contributed by atoms with van der Waals surface area (Å²) in [6.07, 6.45) is 8.14. The molecule has 2 amide bonds. The monoisotopic (exact) mass is 308 g/mol.